The number of amides is 1. The average Bonchev–Trinajstić information content (AvgIpc) is 2.67. The molecule has 0 saturated heterocycles. The molecule has 0 spiro atoms. The van der Waals surface area contributed by atoms with Crippen LogP contribution in [0.3, 0.4) is 0 Å². The first-order chi connectivity index (χ1) is 12.5. The number of rotatable bonds is 8. The summed E-state index contributed by atoms with van der Waals surface area (Å²) in [5.74, 6) is -0.155. The van der Waals surface area contributed by atoms with Gasteiger partial charge in [0, 0.05) is 5.69 Å². The van der Waals surface area contributed by atoms with Crippen LogP contribution in [0.5, 0.6) is 0 Å². The van der Waals surface area contributed by atoms with Gasteiger partial charge in [-0.1, -0.05) is 63.2 Å². The van der Waals surface area contributed by atoms with Crippen LogP contribution in [0.15, 0.2) is 54.6 Å². The van der Waals surface area contributed by atoms with Crippen molar-refractivity contribution < 1.29 is 14.3 Å². The van der Waals surface area contributed by atoms with Gasteiger partial charge in [-0.3, -0.25) is 9.59 Å². The summed E-state index contributed by atoms with van der Waals surface area (Å²) in [5.41, 5.74) is 3.03. The fourth-order valence-electron chi connectivity index (χ4n) is 2.68. The highest BCUT2D eigenvalue weighted by Gasteiger charge is 2.14. The van der Waals surface area contributed by atoms with Crippen LogP contribution in [-0.2, 0) is 14.3 Å². The van der Waals surface area contributed by atoms with Crippen LogP contribution in [0.25, 0.3) is 0 Å². The molecule has 0 bridgehead atoms. The van der Waals surface area contributed by atoms with Crippen molar-refractivity contribution in [2.24, 2.45) is 0 Å². The van der Waals surface area contributed by atoms with Crippen molar-refractivity contribution in [2.75, 3.05) is 11.9 Å². The molecule has 2 aromatic carbocycles. The van der Waals surface area contributed by atoms with E-state index in [0.717, 1.165) is 12.0 Å². The first-order valence-electron chi connectivity index (χ1n) is 9.10. The Bertz CT molecular complexity index is 710. The topological polar surface area (TPSA) is 55.4 Å². The minimum Gasteiger partial charge on any atom is -0.456 e. The fourth-order valence-corrected chi connectivity index (χ4v) is 2.68. The first kappa shape index (κ1) is 19.7. The number of benzene rings is 2. The smallest absolute Gasteiger partial charge is 0.306 e. The molecule has 26 heavy (non-hydrogen) atoms. The van der Waals surface area contributed by atoms with Gasteiger partial charge in [0.1, 0.15) is 0 Å². The van der Waals surface area contributed by atoms with E-state index >= 15 is 0 Å². The normalized spacial score (nSPS) is 12.9. The maximum Gasteiger partial charge on any atom is 0.306 e. The van der Waals surface area contributed by atoms with Gasteiger partial charge in [0.05, 0.1) is 6.42 Å². The number of hydrogen-bond acceptors (Lipinski definition) is 3. The molecule has 0 aliphatic rings. The molecular weight excluding hydrogens is 326 g/mol. The van der Waals surface area contributed by atoms with Gasteiger partial charge in [-0.15, -0.1) is 0 Å². The molecule has 0 radical (unpaired) electrons. The van der Waals surface area contributed by atoms with Crippen molar-refractivity contribution in [3.8, 4) is 0 Å². The molecule has 2 unspecified atom stereocenters. The molecule has 0 saturated carbocycles. The summed E-state index contributed by atoms with van der Waals surface area (Å²) in [6.45, 7) is 6.01. The highest BCUT2D eigenvalue weighted by molar-refractivity contribution is 5.92. The lowest BCUT2D eigenvalue weighted by Crippen LogP contribution is -2.21. The molecule has 1 amide bonds. The molecule has 4 nitrogen and oxygen atoms in total. The zero-order chi connectivity index (χ0) is 18.9. The maximum atomic E-state index is 12.0. The van der Waals surface area contributed by atoms with E-state index in [9.17, 15) is 9.59 Å². The Labute approximate surface area is 155 Å². The predicted molar refractivity (Wildman–Crippen MR) is 104 cm³/mol. The Hall–Kier alpha value is -2.62. The Morgan fingerprint density at radius 1 is 0.923 bits per heavy atom. The number of anilines is 1. The van der Waals surface area contributed by atoms with Crippen LogP contribution in [0.2, 0.25) is 0 Å². The molecular formula is C22H27NO3. The second-order valence-corrected chi connectivity index (χ2v) is 6.66. The van der Waals surface area contributed by atoms with Crippen LogP contribution < -0.4 is 5.32 Å². The average molecular weight is 353 g/mol. The summed E-state index contributed by atoms with van der Waals surface area (Å²) in [6, 6.07) is 17.6. The largest absolute Gasteiger partial charge is 0.456 e. The van der Waals surface area contributed by atoms with Gasteiger partial charge in [0.25, 0.3) is 5.91 Å². The minimum atomic E-state index is -0.372. The van der Waals surface area contributed by atoms with Crippen LogP contribution in [0.4, 0.5) is 5.69 Å². The van der Waals surface area contributed by atoms with E-state index in [1.165, 1.54) is 5.56 Å². The van der Waals surface area contributed by atoms with Gasteiger partial charge in [-0.2, -0.15) is 0 Å². The molecule has 0 aliphatic carbocycles. The summed E-state index contributed by atoms with van der Waals surface area (Å²) in [6.07, 6.45) is 1.32. The zero-order valence-electron chi connectivity index (χ0n) is 15.7. The number of nitrogens with one attached hydrogen (secondary N) is 1. The standard InChI is InChI=1S/C22H27NO3/c1-4-16(2)19-10-12-20(13-11-19)23-21(24)15-26-22(25)14-17(3)18-8-6-5-7-9-18/h5-13,16-17H,4,14-15H2,1-3H3,(H,23,24). The van der Waals surface area contributed by atoms with Crippen LogP contribution >= 0.6 is 0 Å². The molecule has 4 heteroatoms. The molecule has 0 heterocycles. The molecule has 138 valence electrons. The summed E-state index contributed by atoms with van der Waals surface area (Å²) in [7, 11) is 0. The lowest BCUT2D eigenvalue weighted by atomic mass is 9.98. The lowest BCUT2D eigenvalue weighted by molar-refractivity contribution is -0.147. The summed E-state index contributed by atoms with van der Waals surface area (Å²) in [4.78, 5) is 23.9. The number of hydrogen-bond donors (Lipinski definition) is 1. The van der Waals surface area contributed by atoms with E-state index in [1.807, 2.05) is 61.5 Å². The molecule has 2 aromatic rings. The predicted octanol–water partition coefficient (Wildman–Crippen LogP) is 4.88. The molecule has 2 rings (SSSR count). The van der Waals surface area contributed by atoms with Gasteiger partial charge in [-0.05, 0) is 41.5 Å². The third kappa shape index (κ3) is 6.03. The Balaban J connectivity index is 1.76. The van der Waals surface area contributed by atoms with Crippen LogP contribution in [-0.4, -0.2) is 18.5 Å². The van der Waals surface area contributed by atoms with Crippen molar-refractivity contribution in [1.82, 2.24) is 0 Å². The third-order valence-corrected chi connectivity index (χ3v) is 4.58. The van der Waals surface area contributed by atoms with E-state index < -0.39 is 0 Å². The van der Waals surface area contributed by atoms with Crippen molar-refractivity contribution in [3.05, 3.63) is 65.7 Å². The third-order valence-electron chi connectivity index (χ3n) is 4.58. The number of carbonyl (C=O) groups is 2. The number of ether oxygens (including phenoxy) is 1. The van der Waals surface area contributed by atoms with E-state index in [1.54, 1.807) is 0 Å². The molecule has 0 aliphatic heterocycles. The highest BCUT2D eigenvalue weighted by Crippen LogP contribution is 2.21. The van der Waals surface area contributed by atoms with E-state index in [2.05, 4.69) is 19.2 Å². The highest BCUT2D eigenvalue weighted by atomic mass is 16.5. The van der Waals surface area contributed by atoms with Gasteiger partial charge in [0.2, 0.25) is 0 Å². The number of carbonyl (C=O) groups excluding carboxylic acids is 2. The van der Waals surface area contributed by atoms with E-state index in [-0.39, 0.29) is 30.8 Å². The molecule has 0 aromatic heterocycles. The Morgan fingerprint density at radius 3 is 2.15 bits per heavy atom. The molecule has 2 atom stereocenters. The van der Waals surface area contributed by atoms with Crippen molar-refractivity contribution >= 4 is 17.6 Å². The van der Waals surface area contributed by atoms with Gasteiger partial charge >= 0.3 is 5.97 Å². The number of esters is 1. The maximum absolute atomic E-state index is 12.0. The van der Waals surface area contributed by atoms with Crippen LogP contribution in [0, 0.1) is 0 Å². The van der Waals surface area contributed by atoms with Crippen molar-refractivity contribution in [2.45, 2.75) is 45.4 Å². The summed E-state index contributed by atoms with van der Waals surface area (Å²) in [5, 5.41) is 2.75. The zero-order valence-corrected chi connectivity index (χ0v) is 15.7. The first-order valence-corrected chi connectivity index (χ1v) is 9.10. The van der Waals surface area contributed by atoms with Gasteiger partial charge in [0.15, 0.2) is 6.61 Å². The Morgan fingerprint density at radius 2 is 1.54 bits per heavy atom. The Kier molecular flexibility index (Phi) is 7.39. The quantitative estimate of drug-likeness (QED) is 0.689. The van der Waals surface area contributed by atoms with Gasteiger partial charge in [-0.25, -0.2) is 0 Å². The fraction of sp³-hybridized carbons (Fsp3) is 0.364. The van der Waals surface area contributed by atoms with Crippen molar-refractivity contribution in [3.63, 3.8) is 0 Å². The SMILES string of the molecule is CCC(C)c1ccc(NC(=O)COC(=O)CC(C)c2ccccc2)cc1. The van der Waals surface area contributed by atoms with Crippen molar-refractivity contribution in [1.29, 1.82) is 0 Å². The summed E-state index contributed by atoms with van der Waals surface area (Å²) >= 11 is 0. The summed E-state index contributed by atoms with van der Waals surface area (Å²) < 4.78 is 5.10. The molecule has 1 N–H and O–H groups in total. The second kappa shape index (κ2) is 9.76. The monoisotopic (exact) mass is 353 g/mol. The van der Waals surface area contributed by atoms with Crippen LogP contribution in [0.1, 0.15) is 56.6 Å². The van der Waals surface area contributed by atoms with E-state index in [4.69, 9.17) is 4.74 Å². The van der Waals surface area contributed by atoms with Gasteiger partial charge < -0.3 is 10.1 Å². The second-order valence-electron chi connectivity index (χ2n) is 6.66. The van der Waals surface area contributed by atoms with E-state index in [0.29, 0.717) is 11.6 Å². The molecule has 0 fully saturated rings. The minimum absolute atomic E-state index is 0.0554. The lowest BCUT2D eigenvalue weighted by Gasteiger charge is -2.12.